The predicted molar refractivity (Wildman–Crippen MR) is 113 cm³/mol. The summed E-state index contributed by atoms with van der Waals surface area (Å²) in [7, 11) is 0. The molecule has 1 aromatic carbocycles. The first kappa shape index (κ1) is 21.7. The summed E-state index contributed by atoms with van der Waals surface area (Å²) in [6, 6.07) is 4.04. The fourth-order valence-corrected chi connectivity index (χ4v) is 4.77. The molecular weight excluding hydrogens is 399 g/mol. The average molecular weight is 429 g/mol. The van der Waals surface area contributed by atoms with E-state index in [4.69, 9.17) is 33.0 Å². The molecule has 2 aliphatic heterocycles. The minimum absolute atomic E-state index is 0.157. The molecule has 2 saturated heterocycles. The number of carbonyl (C=O) groups is 1. The molecule has 3 rings (SSSR count). The molecule has 156 valence electrons. The van der Waals surface area contributed by atoms with Gasteiger partial charge in [-0.25, -0.2) is 0 Å². The summed E-state index contributed by atoms with van der Waals surface area (Å²) in [5, 5.41) is 10.1. The van der Waals surface area contributed by atoms with Crippen LogP contribution in [0.15, 0.2) is 12.1 Å². The van der Waals surface area contributed by atoms with Gasteiger partial charge in [-0.1, -0.05) is 23.2 Å². The molecular formula is C21H30Cl2N2O3. The summed E-state index contributed by atoms with van der Waals surface area (Å²) in [5.74, 6) is 0.742. The molecule has 0 aliphatic carbocycles. The molecule has 0 bridgehead atoms. The summed E-state index contributed by atoms with van der Waals surface area (Å²) < 4.78 is 6.20. The zero-order valence-corrected chi connectivity index (χ0v) is 18.2. The number of carboxylic acids is 1. The molecule has 2 aliphatic rings. The third-order valence-corrected chi connectivity index (χ3v) is 6.99. The molecule has 0 radical (unpaired) electrons. The van der Waals surface area contributed by atoms with Crippen LogP contribution >= 0.6 is 23.2 Å². The second kappa shape index (κ2) is 9.66. The van der Waals surface area contributed by atoms with E-state index < -0.39 is 5.97 Å². The Balaban J connectivity index is 1.44. The second-order valence-corrected chi connectivity index (χ2v) is 8.99. The summed E-state index contributed by atoms with van der Waals surface area (Å²) >= 11 is 12.3. The molecule has 0 amide bonds. The highest BCUT2D eigenvalue weighted by Crippen LogP contribution is 2.33. The Hall–Kier alpha value is -1.01. The van der Waals surface area contributed by atoms with Crippen molar-refractivity contribution in [3.63, 3.8) is 0 Å². The smallest absolute Gasteiger partial charge is 0.317 e. The van der Waals surface area contributed by atoms with Gasteiger partial charge < -0.3 is 14.7 Å². The Bertz CT molecular complexity index is 692. The van der Waals surface area contributed by atoms with Crippen LogP contribution in [0.25, 0.3) is 0 Å². The van der Waals surface area contributed by atoms with Crippen molar-refractivity contribution in [1.29, 1.82) is 0 Å². The molecule has 2 fully saturated rings. The van der Waals surface area contributed by atoms with E-state index in [9.17, 15) is 4.79 Å². The zero-order valence-electron chi connectivity index (χ0n) is 16.7. The zero-order chi connectivity index (χ0) is 20.3. The van der Waals surface area contributed by atoms with E-state index in [1.54, 1.807) is 6.07 Å². The number of aliphatic carboxylic acids is 1. The maximum Gasteiger partial charge on any atom is 0.317 e. The Morgan fingerprint density at radius 3 is 2.57 bits per heavy atom. The van der Waals surface area contributed by atoms with E-state index >= 15 is 0 Å². The highest BCUT2D eigenvalue weighted by Gasteiger charge is 2.29. The third-order valence-electron chi connectivity index (χ3n) is 6.09. The Morgan fingerprint density at radius 1 is 1.21 bits per heavy atom. The topological polar surface area (TPSA) is 53.0 Å². The van der Waals surface area contributed by atoms with Gasteiger partial charge in [0.25, 0.3) is 0 Å². The molecule has 2 heterocycles. The van der Waals surface area contributed by atoms with Gasteiger partial charge in [0.15, 0.2) is 0 Å². The Kier molecular flexibility index (Phi) is 7.48. The van der Waals surface area contributed by atoms with E-state index in [1.807, 2.05) is 13.0 Å². The van der Waals surface area contributed by atoms with Gasteiger partial charge in [0.05, 0.1) is 16.6 Å². The predicted octanol–water partition coefficient (Wildman–Crippen LogP) is 4.33. The van der Waals surface area contributed by atoms with Crippen LogP contribution in [0.5, 0.6) is 5.75 Å². The minimum atomic E-state index is -0.732. The van der Waals surface area contributed by atoms with Crippen molar-refractivity contribution in [2.24, 2.45) is 5.92 Å². The maximum absolute atomic E-state index is 11.0. The maximum atomic E-state index is 11.0. The summed E-state index contributed by atoms with van der Waals surface area (Å²) in [6.07, 6.45) is 4.38. The van der Waals surface area contributed by atoms with Gasteiger partial charge in [0.1, 0.15) is 11.9 Å². The first-order chi connectivity index (χ1) is 13.3. The molecule has 0 saturated carbocycles. The van der Waals surface area contributed by atoms with Gasteiger partial charge in [-0.15, -0.1) is 0 Å². The van der Waals surface area contributed by atoms with Gasteiger partial charge in [0.2, 0.25) is 0 Å². The van der Waals surface area contributed by atoms with Crippen LogP contribution in [-0.2, 0) is 4.79 Å². The van der Waals surface area contributed by atoms with Crippen LogP contribution in [0, 0.1) is 12.8 Å². The number of ether oxygens (including phenoxy) is 1. The van der Waals surface area contributed by atoms with Gasteiger partial charge in [-0.05, 0) is 64.1 Å². The minimum Gasteiger partial charge on any atom is -0.490 e. The summed E-state index contributed by atoms with van der Waals surface area (Å²) in [4.78, 5) is 15.6. The first-order valence-corrected chi connectivity index (χ1v) is 10.9. The van der Waals surface area contributed by atoms with Crippen LogP contribution in [-0.4, -0.2) is 65.7 Å². The number of piperidine rings is 2. The van der Waals surface area contributed by atoms with E-state index in [0.29, 0.717) is 22.0 Å². The van der Waals surface area contributed by atoms with Gasteiger partial charge in [-0.2, -0.15) is 0 Å². The van der Waals surface area contributed by atoms with E-state index in [2.05, 4.69) is 16.7 Å². The molecule has 0 spiro atoms. The molecule has 28 heavy (non-hydrogen) atoms. The van der Waals surface area contributed by atoms with Crippen molar-refractivity contribution in [3.8, 4) is 5.75 Å². The normalized spacial score (nSPS) is 25.0. The van der Waals surface area contributed by atoms with Gasteiger partial charge >= 0.3 is 5.97 Å². The van der Waals surface area contributed by atoms with Crippen LogP contribution in [0.2, 0.25) is 10.0 Å². The van der Waals surface area contributed by atoms with Crippen LogP contribution < -0.4 is 4.74 Å². The molecule has 1 N–H and O–H groups in total. The average Bonchev–Trinajstić information content (AvgIpc) is 2.66. The Morgan fingerprint density at radius 2 is 1.93 bits per heavy atom. The van der Waals surface area contributed by atoms with Crippen molar-refractivity contribution in [2.45, 2.75) is 51.7 Å². The molecule has 2 unspecified atom stereocenters. The van der Waals surface area contributed by atoms with Gasteiger partial charge in [0, 0.05) is 31.2 Å². The van der Waals surface area contributed by atoms with Crippen molar-refractivity contribution in [1.82, 2.24) is 9.80 Å². The van der Waals surface area contributed by atoms with Crippen LogP contribution in [0.4, 0.5) is 0 Å². The van der Waals surface area contributed by atoms with Crippen molar-refractivity contribution < 1.29 is 14.6 Å². The van der Waals surface area contributed by atoms with Crippen molar-refractivity contribution in [2.75, 3.05) is 32.7 Å². The first-order valence-electron chi connectivity index (χ1n) is 10.1. The SMILES string of the molecule is Cc1c(OC2CCN(CC3CCN(CC(=O)O)C(C)C3)CC2)ccc(Cl)c1Cl. The van der Waals surface area contributed by atoms with E-state index in [-0.39, 0.29) is 12.6 Å². The molecule has 1 aromatic rings. The number of hydrogen-bond acceptors (Lipinski definition) is 4. The number of benzene rings is 1. The summed E-state index contributed by atoms with van der Waals surface area (Å²) in [5.41, 5.74) is 0.902. The number of halogens is 2. The number of likely N-dealkylation sites (tertiary alicyclic amines) is 2. The standard InChI is InChI=1S/C21H30Cl2N2O3/c1-14-11-16(5-10-25(14)13-20(26)27)12-24-8-6-17(7-9-24)28-19-4-3-18(22)21(23)15(19)2/h3-4,14,16-17H,5-13H2,1-2H3,(H,26,27). The monoisotopic (exact) mass is 428 g/mol. The quantitative estimate of drug-likeness (QED) is 0.730. The number of nitrogens with zero attached hydrogens (tertiary/aromatic N) is 2. The molecule has 7 heteroatoms. The summed E-state index contributed by atoms with van der Waals surface area (Å²) in [6.45, 7) is 8.30. The third kappa shape index (κ3) is 5.53. The lowest BCUT2D eigenvalue weighted by molar-refractivity contribution is -0.139. The lowest BCUT2D eigenvalue weighted by Gasteiger charge is -2.40. The lowest BCUT2D eigenvalue weighted by atomic mass is 9.90. The second-order valence-electron chi connectivity index (χ2n) is 8.21. The van der Waals surface area contributed by atoms with E-state index in [0.717, 1.165) is 63.2 Å². The highest BCUT2D eigenvalue weighted by atomic mass is 35.5. The fourth-order valence-electron chi connectivity index (χ4n) is 4.41. The van der Waals surface area contributed by atoms with Gasteiger partial charge in [-0.3, -0.25) is 9.69 Å². The number of rotatable bonds is 6. The highest BCUT2D eigenvalue weighted by molar-refractivity contribution is 6.42. The number of hydrogen-bond donors (Lipinski definition) is 1. The molecule has 0 aromatic heterocycles. The van der Waals surface area contributed by atoms with Crippen molar-refractivity contribution >= 4 is 29.2 Å². The van der Waals surface area contributed by atoms with Crippen molar-refractivity contribution in [3.05, 3.63) is 27.7 Å². The van der Waals surface area contributed by atoms with E-state index in [1.165, 1.54) is 0 Å². The largest absolute Gasteiger partial charge is 0.490 e. The fraction of sp³-hybridized carbons (Fsp3) is 0.667. The molecule has 5 nitrogen and oxygen atoms in total. The Labute approximate surface area is 177 Å². The molecule has 2 atom stereocenters. The van der Waals surface area contributed by atoms with Crippen LogP contribution in [0.3, 0.4) is 0 Å². The van der Waals surface area contributed by atoms with Crippen LogP contribution in [0.1, 0.15) is 38.2 Å². The number of carboxylic acid groups (broad SMARTS) is 1. The lowest BCUT2D eigenvalue weighted by Crippen LogP contribution is -2.47.